The van der Waals surface area contributed by atoms with E-state index in [4.69, 9.17) is 10.00 Å². The van der Waals surface area contributed by atoms with Crippen molar-refractivity contribution in [2.24, 2.45) is 0 Å². The smallest absolute Gasteiger partial charge is 0.168 e. The zero-order valence-electron chi connectivity index (χ0n) is 12.3. The first-order valence-corrected chi connectivity index (χ1v) is 6.84. The number of pyridine rings is 1. The van der Waals surface area contributed by atoms with Crippen molar-refractivity contribution in [3.63, 3.8) is 0 Å². The second-order valence-electron chi connectivity index (χ2n) is 4.44. The van der Waals surface area contributed by atoms with E-state index >= 15 is 0 Å². The highest BCUT2D eigenvalue weighted by Gasteiger charge is 2.17. The molecule has 0 aliphatic rings. The summed E-state index contributed by atoms with van der Waals surface area (Å²) in [6.45, 7) is 3.53. The van der Waals surface area contributed by atoms with Crippen LogP contribution in [0.3, 0.4) is 0 Å². The van der Waals surface area contributed by atoms with Gasteiger partial charge in [0.05, 0.1) is 19.1 Å². The SMILES string of the molecule is CCCNc1nc(N(CCC#N)CCOC)c(F)cc1F. The monoisotopic (exact) mass is 298 g/mol. The molecule has 1 aromatic rings. The fraction of sp³-hybridized carbons (Fsp3) is 0.571. The maximum Gasteiger partial charge on any atom is 0.168 e. The van der Waals surface area contributed by atoms with Crippen molar-refractivity contribution >= 4 is 11.6 Å². The molecule has 0 aromatic carbocycles. The zero-order valence-corrected chi connectivity index (χ0v) is 12.3. The molecule has 1 rings (SSSR count). The number of nitriles is 1. The van der Waals surface area contributed by atoms with Crippen molar-refractivity contribution in [2.75, 3.05) is 43.6 Å². The maximum absolute atomic E-state index is 14.0. The van der Waals surface area contributed by atoms with Crippen LogP contribution in [-0.4, -0.2) is 38.3 Å². The van der Waals surface area contributed by atoms with Crippen LogP contribution in [0.1, 0.15) is 19.8 Å². The lowest BCUT2D eigenvalue weighted by Crippen LogP contribution is -2.30. The molecular formula is C14H20F2N4O. The minimum atomic E-state index is -0.747. The first kappa shape index (κ1) is 17.1. The highest BCUT2D eigenvalue weighted by atomic mass is 19.1. The predicted octanol–water partition coefficient (Wildman–Crippen LogP) is 2.55. The van der Waals surface area contributed by atoms with E-state index in [-0.39, 0.29) is 18.1 Å². The Kier molecular flexibility index (Phi) is 7.40. The molecule has 1 N–H and O–H groups in total. The number of ether oxygens (including phenoxy) is 1. The minimum absolute atomic E-state index is 0.0209. The van der Waals surface area contributed by atoms with Gasteiger partial charge in [0, 0.05) is 32.8 Å². The Morgan fingerprint density at radius 2 is 2.14 bits per heavy atom. The Balaban J connectivity index is 3.01. The summed E-state index contributed by atoms with van der Waals surface area (Å²) in [5, 5.41) is 11.5. The van der Waals surface area contributed by atoms with E-state index in [0.29, 0.717) is 26.2 Å². The molecule has 0 radical (unpaired) electrons. The third kappa shape index (κ3) is 5.16. The maximum atomic E-state index is 14.0. The number of halogens is 2. The molecule has 5 nitrogen and oxygen atoms in total. The van der Waals surface area contributed by atoms with Crippen LogP contribution in [0.4, 0.5) is 20.4 Å². The summed E-state index contributed by atoms with van der Waals surface area (Å²) in [4.78, 5) is 5.60. The van der Waals surface area contributed by atoms with Crippen molar-refractivity contribution in [2.45, 2.75) is 19.8 Å². The van der Waals surface area contributed by atoms with E-state index in [9.17, 15) is 8.78 Å². The Bertz CT molecular complexity index is 491. The lowest BCUT2D eigenvalue weighted by atomic mass is 10.3. The van der Waals surface area contributed by atoms with Gasteiger partial charge in [-0.05, 0) is 6.42 Å². The summed E-state index contributed by atoms with van der Waals surface area (Å²) in [6.07, 6.45) is 1.02. The number of anilines is 2. The molecule has 116 valence electrons. The summed E-state index contributed by atoms with van der Waals surface area (Å²) >= 11 is 0. The van der Waals surface area contributed by atoms with E-state index < -0.39 is 11.6 Å². The van der Waals surface area contributed by atoms with Crippen LogP contribution in [0.15, 0.2) is 6.07 Å². The van der Waals surface area contributed by atoms with Crippen LogP contribution in [0.2, 0.25) is 0 Å². The van der Waals surface area contributed by atoms with E-state index in [1.54, 1.807) is 4.90 Å². The molecule has 21 heavy (non-hydrogen) atoms. The van der Waals surface area contributed by atoms with Crippen LogP contribution in [-0.2, 0) is 4.74 Å². The molecule has 0 aliphatic heterocycles. The molecule has 0 unspecified atom stereocenters. The van der Waals surface area contributed by atoms with Gasteiger partial charge in [0.25, 0.3) is 0 Å². The summed E-state index contributed by atoms with van der Waals surface area (Å²) in [6, 6.07) is 2.81. The minimum Gasteiger partial charge on any atom is -0.383 e. The molecule has 0 fully saturated rings. The molecule has 1 aromatic heterocycles. The molecule has 0 saturated carbocycles. The number of hydrogen-bond donors (Lipinski definition) is 1. The number of aromatic nitrogens is 1. The highest BCUT2D eigenvalue weighted by molar-refractivity contribution is 5.49. The molecule has 0 atom stereocenters. The number of nitrogens with one attached hydrogen (secondary N) is 1. The van der Waals surface area contributed by atoms with Gasteiger partial charge in [0.15, 0.2) is 23.3 Å². The molecule has 0 aliphatic carbocycles. The van der Waals surface area contributed by atoms with Crippen LogP contribution < -0.4 is 10.2 Å². The Hall–Kier alpha value is -1.94. The quantitative estimate of drug-likeness (QED) is 0.759. The average Bonchev–Trinajstić information content (AvgIpc) is 2.47. The molecule has 0 amide bonds. The molecule has 1 heterocycles. The highest BCUT2D eigenvalue weighted by Crippen LogP contribution is 2.22. The number of rotatable bonds is 9. The van der Waals surface area contributed by atoms with Gasteiger partial charge in [-0.1, -0.05) is 6.92 Å². The largest absolute Gasteiger partial charge is 0.383 e. The van der Waals surface area contributed by atoms with E-state index in [1.807, 2.05) is 13.0 Å². The summed E-state index contributed by atoms with van der Waals surface area (Å²) in [7, 11) is 1.53. The lowest BCUT2D eigenvalue weighted by molar-refractivity contribution is 0.205. The standard InChI is InChI=1S/C14H20F2N4O/c1-3-6-18-13-11(15)10-12(16)14(19-13)20(7-4-5-17)8-9-21-2/h10H,3-4,6-9H2,1-2H3,(H,18,19). The van der Waals surface area contributed by atoms with Gasteiger partial charge in [0.2, 0.25) is 0 Å². The molecule has 7 heteroatoms. The van der Waals surface area contributed by atoms with Crippen molar-refractivity contribution in [3.8, 4) is 6.07 Å². The number of nitrogens with zero attached hydrogens (tertiary/aromatic N) is 3. The van der Waals surface area contributed by atoms with Crippen molar-refractivity contribution in [1.29, 1.82) is 5.26 Å². The number of methoxy groups -OCH3 is 1. The Morgan fingerprint density at radius 1 is 1.38 bits per heavy atom. The van der Waals surface area contributed by atoms with Gasteiger partial charge in [-0.2, -0.15) is 5.26 Å². The second-order valence-corrected chi connectivity index (χ2v) is 4.44. The van der Waals surface area contributed by atoms with Gasteiger partial charge in [-0.3, -0.25) is 0 Å². The van der Waals surface area contributed by atoms with E-state index in [1.165, 1.54) is 7.11 Å². The van der Waals surface area contributed by atoms with Crippen molar-refractivity contribution in [1.82, 2.24) is 4.98 Å². The van der Waals surface area contributed by atoms with Gasteiger partial charge in [-0.15, -0.1) is 0 Å². The second kappa shape index (κ2) is 9.08. The number of hydrogen-bond acceptors (Lipinski definition) is 5. The predicted molar refractivity (Wildman–Crippen MR) is 77.3 cm³/mol. The van der Waals surface area contributed by atoms with Crippen molar-refractivity contribution in [3.05, 3.63) is 17.7 Å². The summed E-state index contributed by atoms with van der Waals surface area (Å²) in [5.74, 6) is -1.42. The van der Waals surface area contributed by atoms with Crippen LogP contribution >= 0.6 is 0 Å². The molecular weight excluding hydrogens is 278 g/mol. The Morgan fingerprint density at radius 3 is 2.76 bits per heavy atom. The van der Waals surface area contributed by atoms with Gasteiger partial charge in [0.1, 0.15) is 0 Å². The lowest BCUT2D eigenvalue weighted by Gasteiger charge is -2.23. The third-order valence-electron chi connectivity index (χ3n) is 2.81. The first-order chi connectivity index (χ1) is 10.1. The summed E-state index contributed by atoms with van der Waals surface area (Å²) < 4.78 is 32.6. The fourth-order valence-corrected chi connectivity index (χ4v) is 1.76. The molecule has 0 spiro atoms. The molecule has 0 saturated heterocycles. The van der Waals surface area contributed by atoms with E-state index in [0.717, 1.165) is 12.5 Å². The van der Waals surface area contributed by atoms with Gasteiger partial charge >= 0.3 is 0 Å². The van der Waals surface area contributed by atoms with Crippen LogP contribution in [0.5, 0.6) is 0 Å². The van der Waals surface area contributed by atoms with Crippen LogP contribution in [0.25, 0.3) is 0 Å². The topological polar surface area (TPSA) is 61.2 Å². The molecule has 0 bridgehead atoms. The first-order valence-electron chi connectivity index (χ1n) is 6.84. The van der Waals surface area contributed by atoms with Crippen molar-refractivity contribution < 1.29 is 13.5 Å². The van der Waals surface area contributed by atoms with E-state index in [2.05, 4.69) is 10.3 Å². The summed E-state index contributed by atoms with van der Waals surface area (Å²) in [5.41, 5.74) is 0. The zero-order chi connectivity index (χ0) is 15.7. The normalized spacial score (nSPS) is 10.2. The van der Waals surface area contributed by atoms with Crippen LogP contribution in [0, 0.1) is 23.0 Å². The third-order valence-corrected chi connectivity index (χ3v) is 2.81. The average molecular weight is 298 g/mol. The van der Waals surface area contributed by atoms with Gasteiger partial charge < -0.3 is 15.0 Å². The fourth-order valence-electron chi connectivity index (χ4n) is 1.76. The Labute approximate surface area is 123 Å². The van der Waals surface area contributed by atoms with Gasteiger partial charge in [-0.25, -0.2) is 13.8 Å².